The molecule has 2 aromatic rings. The lowest BCUT2D eigenvalue weighted by Gasteiger charge is -2.26. The molecule has 0 fully saturated rings. The summed E-state index contributed by atoms with van der Waals surface area (Å²) in [7, 11) is 0. The van der Waals surface area contributed by atoms with Gasteiger partial charge in [0.05, 0.1) is 0 Å². The first-order valence-corrected chi connectivity index (χ1v) is 7.18. The summed E-state index contributed by atoms with van der Waals surface area (Å²) in [5, 5.41) is 4.70. The molecule has 0 saturated carbocycles. The second-order valence-electron chi connectivity index (χ2n) is 5.88. The fraction of sp³-hybridized carbons (Fsp3) is 0.294. The molecule has 2 aliphatic rings. The van der Waals surface area contributed by atoms with Gasteiger partial charge in [-0.1, -0.05) is 48.0 Å². The van der Waals surface area contributed by atoms with E-state index in [1.165, 1.54) is 22.3 Å². The zero-order chi connectivity index (χ0) is 13.0. The Hall–Kier alpha value is -1.02. The maximum Gasteiger partial charge on any atom is 0.0457 e. The largest absolute Gasteiger partial charge is 0.300 e. The highest BCUT2D eigenvalue weighted by Gasteiger charge is 2.43. The maximum atomic E-state index is 6.44. The fourth-order valence-corrected chi connectivity index (χ4v) is 4.04. The van der Waals surface area contributed by atoms with Gasteiger partial charge in [0.25, 0.3) is 0 Å². The van der Waals surface area contributed by atoms with E-state index in [0.29, 0.717) is 6.04 Å². The average molecular weight is 306 g/mol. The van der Waals surface area contributed by atoms with Crippen LogP contribution in [0, 0.1) is 0 Å². The van der Waals surface area contributed by atoms with Crippen molar-refractivity contribution in [3.63, 3.8) is 0 Å². The van der Waals surface area contributed by atoms with Crippen molar-refractivity contribution in [1.82, 2.24) is 5.32 Å². The molecular weight excluding hydrogens is 289 g/mol. The molecule has 4 rings (SSSR count). The Morgan fingerprint density at radius 2 is 1.85 bits per heavy atom. The van der Waals surface area contributed by atoms with Crippen LogP contribution in [0.15, 0.2) is 42.5 Å². The first-order chi connectivity index (χ1) is 9.17. The van der Waals surface area contributed by atoms with Crippen molar-refractivity contribution in [2.75, 3.05) is 0 Å². The van der Waals surface area contributed by atoms with Crippen LogP contribution in [0.2, 0.25) is 5.02 Å². The van der Waals surface area contributed by atoms with Gasteiger partial charge in [-0.2, -0.15) is 0 Å². The van der Waals surface area contributed by atoms with Crippen LogP contribution in [0.5, 0.6) is 0 Å². The number of benzene rings is 2. The van der Waals surface area contributed by atoms with E-state index in [2.05, 4.69) is 48.6 Å². The lowest BCUT2D eigenvalue weighted by Crippen LogP contribution is -2.36. The summed E-state index contributed by atoms with van der Waals surface area (Å²) < 4.78 is 0. The van der Waals surface area contributed by atoms with E-state index in [4.69, 9.17) is 11.6 Å². The predicted octanol–water partition coefficient (Wildman–Crippen LogP) is 4.42. The predicted molar refractivity (Wildman–Crippen MR) is 85.8 cm³/mol. The number of fused-ring (bicyclic) bond motifs is 6. The smallest absolute Gasteiger partial charge is 0.0457 e. The quantitative estimate of drug-likeness (QED) is 0.760. The minimum atomic E-state index is 0. The Morgan fingerprint density at radius 1 is 1.10 bits per heavy atom. The van der Waals surface area contributed by atoms with Crippen LogP contribution in [-0.4, -0.2) is 0 Å². The number of halogens is 2. The number of hydrogen-bond acceptors (Lipinski definition) is 1. The van der Waals surface area contributed by atoms with Gasteiger partial charge in [-0.3, -0.25) is 5.32 Å². The fourth-order valence-electron chi connectivity index (χ4n) is 3.74. The molecular formula is C17H17Cl2N. The first kappa shape index (κ1) is 13.9. The maximum absolute atomic E-state index is 6.44. The molecule has 2 unspecified atom stereocenters. The molecule has 0 spiro atoms. The minimum Gasteiger partial charge on any atom is -0.300 e. The molecule has 104 valence electrons. The van der Waals surface area contributed by atoms with Gasteiger partial charge >= 0.3 is 0 Å². The van der Waals surface area contributed by atoms with E-state index in [-0.39, 0.29) is 17.9 Å². The number of nitrogens with one attached hydrogen (secondary N) is 1. The molecule has 0 aromatic heterocycles. The monoisotopic (exact) mass is 305 g/mol. The summed E-state index contributed by atoms with van der Waals surface area (Å²) in [6, 6.07) is 15.4. The van der Waals surface area contributed by atoms with E-state index in [1.807, 2.05) is 6.07 Å². The molecule has 0 saturated heterocycles. The third kappa shape index (κ3) is 1.88. The molecule has 0 amide bonds. The van der Waals surface area contributed by atoms with Crippen LogP contribution >= 0.6 is 24.0 Å². The Kier molecular flexibility index (Phi) is 3.32. The van der Waals surface area contributed by atoms with E-state index in [0.717, 1.165) is 17.9 Å². The Balaban J connectivity index is 0.00000121. The SMILES string of the molecule is CC12Cc3ccccc3CC(N1)c1c(Cl)cccc12.Cl. The van der Waals surface area contributed by atoms with Crippen LogP contribution in [0.1, 0.15) is 35.2 Å². The van der Waals surface area contributed by atoms with Crippen molar-refractivity contribution >= 4 is 24.0 Å². The highest BCUT2D eigenvalue weighted by Crippen LogP contribution is 2.46. The summed E-state index contributed by atoms with van der Waals surface area (Å²) in [6.07, 6.45) is 2.06. The molecule has 2 aromatic carbocycles. The summed E-state index contributed by atoms with van der Waals surface area (Å²) in [6.45, 7) is 2.30. The van der Waals surface area contributed by atoms with Crippen LogP contribution in [0.4, 0.5) is 0 Å². The molecule has 2 heterocycles. The van der Waals surface area contributed by atoms with Gasteiger partial charge in [0.2, 0.25) is 0 Å². The van der Waals surface area contributed by atoms with Gasteiger partial charge in [0.15, 0.2) is 0 Å². The first-order valence-electron chi connectivity index (χ1n) is 6.81. The van der Waals surface area contributed by atoms with Gasteiger partial charge < -0.3 is 0 Å². The van der Waals surface area contributed by atoms with Crippen molar-refractivity contribution in [3.05, 3.63) is 69.7 Å². The standard InChI is InChI=1S/C17H16ClN.ClH/c1-17-10-12-6-3-2-5-11(12)9-15(19-17)16-13(17)7-4-8-14(16)18;/h2-8,15,19H,9-10H2,1H3;1H. The minimum absolute atomic E-state index is 0. The zero-order valence-corrected chi connectivity index (χ0v) is 12.9. The summed E-state index contributed by atoms with van der Waals surface area (Å²) in [5.41, 5.74) is 5.61. The number of rotatable bonds is 0. The number of hydrogen-bond donors (Lipinski definition) is 1. The summed E-state index contributed by atoms with van der Waals surface area (Å²) >= 11 is 6.44. The van der Waals surface area contributed by atoms with Crippen molar-refractivity contribution in [2.24, 2.45) is 0 Å². The van der Waals surface area contributed by atoms with E-state index in [9.17, 15) is 0 Å². The third-order valence-electron chi connectivity index (χ3n) is 4.58. The Labute approximate surface area is 130 Å². The normalized spacial score (nSPS) is 26.2. The second kappa shape index (κ2) is 4.77. The van der Waals surface area contributed by atoms with Gasteiger partial charge in [-0.05, 0) is 48.1 Å². The molecule has 2 aliphatic heterocycles. The molecule has 3 heteroatoms. The van der Waals surface area contributed by atoms with Gasteiger partial charge in [0, 0.05) is 16.6 Å². The lowest BCUT2D eigenvalue weighted by molar-refractivity contribution is 0.368. The zero-order valence-electron chi connectivity index (χ0n) is 11.3. The van der Waals surface area contributed by atoms with Crippen LogP contribution in [0.3, 0.4) is 0 Å². The Bertz CT molecular complexity index is 668. The van der Waals surface area contributed by atoms with Crippen LogP contribution in [-0.2, 0) is 18.4 Å². The molecule has 1 nitrogen and oxygen atoms in total. The summed E-state index contributed by atoms with van der Waals surface area (Å²) in [4.78, 5) is 0. The van der Waals surface area contributed by atoms with Gasteiger partial charge in [-0.15, -0.1) is 12.4 Å². The van der Waals surface area contributed by atoms with Crippen molar-refractivity contribution in [2.45, 2.75) is 31.3 Å². The van der Waals surface area contributed by atoms with E-state index in [1.54, 1.807) is 0 Å². The van der Waals surface area contributed by atoms with Crippen molar-refractivity contribution < 1.29 is 0 Å². The van der Waals surface area contributed by atoms with Crippen LogP contribution in [0.25, 0.3) is 0 Å². The lowest BCUT2D eigenvalue weighted by atomic mass is 9.82. The van der Waals surface area contributed by atoms with Crippen molar-refractivity contribution in [3.8, 4) is 0 Å². The van der Waals surface area contributed by atoms with E-state index < -0.39 is 0 Å². The molecule has 20 heavy (non-hydrogen) atoms. The third-order valence-corrected chi connectivity index (χ3v) is 4.90. The van der Waals surface area contributed by atoms with Gasteiger partial charge in [0.1, 0.15) is 0 Å². The Morgan fingerprint density at radius 3 is 2.65 bits per heavy atom. The highest BCUT2D eigenvalue weighted by atomic mass is 35.5. The molecule has 2 bridgehead atoms. The molecule has 2 atom stereocenters. The second-order valence-corrected chi connectivity index (χ2v) is 6.29. The molecule has 0 aliphatic carbocycles. The highest BCUT2D eigenvalue weighted by molar-refractivity contribution is 6.31. The summed E-state index contributed by atoms with van der Waals surface area (Å²) in [5.74, 6) is 0. The van der Waals surface area contributed by atoms with Crippen molar-refractivity contribution in [1.29, 1.82) is 0 Å². The average Bonchev–Trinajstić information content (AvgIpc) is 2.57. The topological polar surface area (TPSA) is 12.0 Å². The molecule has 0 radical (unpaired) electrons. The van der Waals surface area contributed by atoms with E-state index >= 15 is 0 Å². The molecule has 1 N–H and O–H groups in total. The van der Waals surface area contributed by atoms with Crippen LogP contribution < -0.4 is 5.32 Å². The van der Waals surface area contributed by atoms with Gasteiger partial charge in [-0.25, -0.2) is 0 Å².